The van der Waals surface area contributed by atoms with Crippen molar-refractivity contribution < 1.29 is 14.5 Å². The molecule has 0 radical (unpaired) electrons. The van der Waals surface area contributed by atoms with Gasteiger partial charge in [-0.05, 0) is 25.8 Å². The zero-order chi connectivity index (χ0) is 14.0. The van der Waals surface area contributed by atoms with E-state index < -0.39 is 10.8 Å². The molecule has 2 rings (SSSR count). The summed E-state index contributed by atoms with van der Waals surface area (Å²) < 4.78 is 0. The Bertz CT molecular complexity index is 541. The maximum atomic E-state index is 12.2. The summed E-state index contributed by atoms with van der Waals surface area (Å²) >= 11 is 0. The summed E-state index contributed by atoms with van der Waals surface area (Å²) in [4.78, 5) is 35.5. The Labute approximate surface area is 110 Å². The first kappa shape index (κ1) is 13.2. The standard InChI is InChI=1S/C13H14N2O4/c1-9(16)10-5-4-8-14(13(10)17)11-6-2-3-7-12(11)15(18)19/h2-3,6-7,10H,4-5,8H2,1H3. The molecule has 1 aromatic carbocycles. The average molecular weight is 262 g/mol. The highest BCUT2D eigenvalue weighted by molar-refractivity contribution is 6.09. The molecule has 1 amide bonds. The van der Waals surface area contributed by atoms with E-state index in [0.29, 0.717) is 19.4 Å². The molecule has 0 aliphatic carbocycles. The Kier molecular flexibility index (Phi) is 3.59. The highest BCUT2D eigenvalue weighted by Crippen LogP contribution is 2.32. The number of piperidine rings is 1. The van der Waals surface area contributed by atoms with E-state index in [1.54, 1.807) is 18.2 Å². The van der Waals surface area contributed by atoms with Crippen LogP contribution in [0.5, 0.6) is 0 Å². The van der Waals surface area contributed by atoms with Gasteiger partial charge in [-0.3, -0.25) is 19.7 Å². The first-order valence-corrected chi connectivity index (χ1v) is 6.07. The molecule has 1 unspecified atom stereocenters. The quantitative estimate of drug-likeness (QED) is 0.473. The second-order valence-electron chi connectivity index (χ2n) is 4.54. The molecule has 1 aromatic rings. The first-order valence-electron chi connectivity index (χ1n) is 6.07. The lowest BCUT2D eigenvalue weighted by atomic mass is 9.93. The van der Waals surface area contributed by atoms with Crippen LogP contribution in [0.25, 0.3) is 0 Å². The van der Waals surface area contributed by atoms with Gasteiger partial charge in [0.1, 0.15) is 11.5 Å². The number of hydrogen-bond acceptors (Lipinski definition) is 4. The second kappa shape index (κ2) is 5.17. The van der Waals surface area contributed by atoms with Crippen LogP contribution in [0, 0.1) is 16.0 Å². The predicted molar refractivity (Wildman–Crippen MR) is 68.9 cm³/mol. The van der Waals surface area contributed by atoms with Crippen molar-refractivity contribution in [2.75, 3.05) is 11.4 Å². The number of benzene rings is 1. The van der Waals surface area contributed by atoms with Crippen molar-refractivity contribution in [2.45, 2.75) is 19.8 Å². The lowest BCUT2D eigenvalue weighted by Gasteiger charge is -2.30. The van der Waals surface area contributed by atoms with Gasteiger partial charge in [0.15, 0.2) is 0 Å². The lowest BCUT2D eigenvalue weighted by Crippen LogP contribution is -2.44. The summed E-state index contributed by atoms with van der Waals surface area (Å²) in [6.07, 6.45) is 1.19. The summed E-state index contributed by atoms with van der Waals surface area (Å²) in [5.41, 5.74) is 0.156. The fourth-order valence-electron chi connectivity index (χ4n) is 2.34. The number of para-hydroxylation sites is 2. The number of carbonyl (C=O) groups is 2. The van der Waals surface area contributed by atoms with Crippen LogP contribution >= 0.6 is 0 Å². The van der Waals surface area contributed by atoms with Gasteiger partial charge in [0.25, 0.3) is 5.69 Å². The third kappa shape index (κ3) is 2.47. The summed E-state index contributed by atoms with van der Waals surface area (Å²) in [7, 11) is 0. The molecule has 1 atom stereocenters. The number of rotatable bonds is 3. The summed E-state index contributed by atoms with van der Waals surface area (Å²) in [6.45, 7) is 1.79. The Hall–Kier alpha value is -2.24. The number of nitro groups is 1. The predicted octanol–water partition coefficient (Wildman–Crippen LogP) is 1.93. The topological polar surface area (TPSA) is 80.5 Å². The maximum absolute atomic E-state index is 12.2. The molecule has 1 heterocycles. The lowest BCUT2D eigenvalue weighted by molar-refractivity contribution is -0.384. The van der Waals surface area contributed by atoms with E-state index in [9.17, 15) is 19.7 Å². The zero-order valence-corrected chi connectivity index (χ0v) is 10.5. The van der Waals surface area contributed by atoms with Crippen LogP contribution in [0.2, 0.25) is 0 Å². The molecule has 6 nitrogen and oxygen atoms in total. The van der Waals surface area contributed by atoms with E-state index in [1.807, 2.05) is 0 Å². The number of carbonyl (C=O) groups excluding carboxylic acids is 2. The number of ketones is 1. The van der Waals surface area contributed by atoms with Gasteiger partial charge in [0.2, 0.25) is 5.91 Å². The molecular formula is C13H14N2O4. The minimum Gasteiger partial charge on any atom is -0.306 e. The molecule has 1 fully saturated rings. The van der Waals surface area contributed by atoms with Crippen LogP contribution in [0.1, 0.15) is 19.8 Å². The van der Waals surface area contributed by atoms with Crippen LogP contribution in [-0.2, 0) is 9.59 Å². The molecule has 1 aliphatic heterocycles. The van der Waals surface area contributed by atoms with Crippen LogP contribution in [-0.4, -0.2) is 23.2 Å². The van der Waals surface area contributed by atoms with Gasteiger partial charge >= 0.3 is 0 Å². The Morgan fingerprint density at radius 1 is 1.42 bits per heavy atom. The number of Topliss-reactive ketones (excluding diaryl/α,β-unsaturated/α-hetero) is 1. The maximum Gasteiger partial charge on any atom is 0.292 e. The van der Waals surface area contributed by atoms with E-state index in [1.165, 1.54) is 17.9 Å². The molecule has 100 valence electrons. The molecular weight excluding hydrogens is 248 g/mol. The van der Waals surface area contributed by atoms with Gasteiger partial charge in [-0.15, -0.1) is 0 Å². The molecule has 0 aromatic heterocycles. The van der Waals surface area contributed by atoms with Crippen molar-refractivity contribution >= 4 is 23.1 Å². The van der Waals surface area contributed by atoms with Crippen LogP contribution in [0.4, 0.5) is 11.4 Å². The van der Waals surface area contributed by atoms with Gasteiger partial charge in [0, 0.05) is 12.6 Å². The Morgan fingerprint density at radius 2 is 2.11 bits per heavy atom. The van der Waals surface area contributed by atoms with Gasteiger partial charge in [0.05, 0.1) is 10.8 Å². The largest absolute Gasteiger partial charge is 0.306 e. The van der Waals surface area contributed by atoms with E-state index in [4.69, 9.17) is 0 Å². The first-order chi connectivity index (χ1) is 9.02. The molecule has 19 heavy (non-hydrogen) atoms. The van der Waals surface area contributed by atoms with Crippen molar-refractivity contribution in [1.82, 2.24) is 0 Å². The highest BCUT2D eigenvalue weighted by Gasteiger charge is 2.35. The van der Waals surface area contributed by atoms with Crippen molar-refractivity contribution in [3.63, 3.8) is 0 Å². The van der Waals surface area contributed by atoms with E-state index >= 15 is 0 Å². The van der Waals surface area contributed by atoms with Crippen molar-refractivity contribution in [3.05, 3.63) is 34.4 Å². The molecule has 1 aliphatic rings. The van der Waals surface area contributed by atoms with Crippen LogP contribution in [0.15, 0.2) is 24.3 Å². The molecule has 0 saturated carbocycles. The van der Waals surface area contributed by atoms with Crippen LogP contribution in [0.3, 0.4) is 0 Å². The summed E-state index contributed by atoms with van der Waals surface area (Å²) in [5.74, 6) is -1.20. The Balaban J connectivity index is 2.39. The van der Waals surface area contributed by atoms with Crippen molar-refractivity contribution in [3.8, 4) is 0 Å². The molecule has 0 bridgehead atoms. The fraction of sp³-hybridized carbons (Fsp3) is 0.385. The minimum absolute atomic E-state index is 0.111. The van der Waals surface area contributed by atoms with E-state index in [2.05, 4.69) is 0 Å². The average Bonchev–Trinajstić information content (AvgIpc) is 2.38. The monoisotopic (exact) mass is 262 g/mol. The minimum atomic E-state index is -0.673. The number of amides is 1. The molecule has 0 N–H and O–H groups in total. The van der Waals surface area contributed by atoms with Crippen molar-refractivity contribution in [1.29, 1.82) is 0 Å². The van der Waals surface area contributed by atoms with E-state index in [-0.39, 0.29) is 23.1 Å². The normalized spacial score (nSPS) is 19.3. The van der Waals surface area contributed by atoms with E-state index in [0.717, 1.165) is 0 Å². The third-order valence-electron chi connectivity index (χ3n) is 3.30. The van der Waals surface area contributed by atoms with Crippen molar-refractivity contribution in [2.24, 2.45) is 5.92 Å². The molecule has 0 spiro atoms. The second-order valence-corrected chi connectivity index (χ2v) is 4.54. The fourth-order valence-corrected chi connectivity index (χ4v) is 2.34. The number of nitrogens with zero attached hydrogens (tertiary/aromatic N) is 2. The summed E-state index contributed by atoms with van der Waals surface area (Å²) in [6, 6.07) is 6.10. The highest BCUT2D eigenvalue weighted by atomic mass is 16.6. The molecule has 6 heteroatoms. The number of hydrogen-bond donors (Lipinski definition) is 0. The Morgan fingerprint density at radius 3 is 2.74 bits per heavy atom. The number of nitro benzene ring substituents is 1. The van der Waals surface area contributed by atoms with Gasteiger partial charge < -0.3 is 4.90 Å². The SMILES string of the molecule is CC(=O)C1CCCN(c2ccccc2[N+](=O)[O-])C1=O. The van der Waals surface area contributed by atoms with Gasteiger partial charge in [-0.25, -0.2) is 0 Å². The van der Waals surface area contributed by atoms with Crippen LogP contribution < -0.4 is 4.90 Å². The zero-order valence-electron chi connectivity index (χ0n) is 10.5. The number of anilines is 1. The smallest absolute Gasteiger partial charge is 0.292 e. The van der Waals surface area contributed by atoms with Gasteiger partial charge in [-0.2, -0.15) is 0 Å². The summed E-state index contributed by atoms with van der Waals surface area (Å²) in [5, 5.41) is 11.0. The van der Waals surface area contributed by atoms with Gasteiger partial charge in [-0.1, -0.05) is 12.1 Å². The third-order valence-corrected chi connectivity index (χ3v) is 3.30. The molecule has 1 saturated heterocycles.